The van der Waals surface area contributed by atoms with Crippen LogP contribution >= 0.6 is 0 Å². The van der Waals surface area contributed by atoms with Crippen LogP contribution < -0.4 is 15.8 Å². The number of nitrogens with one attached hydrogen (secondary N) is 1. The number of esters is 1. The van der Waals surface area contributed by atoms with E-state index in [2.05, 4.69) is 10.1 Å². The molecule has 0 aliphatic rings. The van der Waals surface area contributed by atoms with Crippen molar-refractivity contribution in [3.8, 4) is 5.75 Å². The molecule has 1 rings (SSSR count). The summed E-state index contributed by atoms with van der Waals surface area (Å²) in [5.41, 5.74) is 6.55. The molecule has 0 fully saturated rings. The van der Waals surface area contributed by atoms with E-state index in [1.54, 1.807) is 19.2 Å². The number of ether oxygens (including phenoxy) is 2. The summed E-state index contributed by atoms with van der Waals surface area (Å²) < 4.78 is 10.1. The first-order valence-corrected chi connectivity index (χ1v) is 5.89. The lowest BCUT2D eigenvalue weighted by Crippen LogP contribution is -2.18. The van der Waals surface area contributed by atoms with E-state index in [9.17, 15) is 9.59 Å². The van der Waals surface area contributed by atoms with Gasteiger partial charge in [-0.2, -0.15) is 0 Å². The van der Waals surface area contributed by atoms with E-state index in [0.29, 0.717) is 36.4 Å². The summed E-state index contributed by atoms with van der Waals surface area (Å²) in [6.07, 6.45) is 0.953. The minimum absolute atomic E-state index is 0.0418. The highest BCUT2D eigenvalue weighted by Crippen LogP contribution is 2.23. The second-order valence-corrected chi connectivity index (χ2v) is 3.87. The second kappa shape index (κ2) is 7.25. The van der Waals surface area contributed by atoms with Crippen molar-refractivity contribution < 1.29 is 19.1 Å². The second-order valence-electron chi connectivity index (χ2n) is 3.87. The summed E-state index contributed by atoms with van der Waals surface area (Å²) in [5, 5.41) is 2.53. The lowest BCUT2D eigenvalue weighted by molar-refractivity contribution is -0.120. The molecule has 1 aromatic rings. The largest absolute Gasteiger partial charge is 0.491 e. The number of hydrogen-bond acceptors (Lipinski definition) is 5. The van der Waals surface area contributed by atoms with Gasteiger partial charge in [-0.3, -0.25) is 4.79 Å². The molecule has 1 aromatic carbocycles. The molecule has 0 spiro atoms. The van der Waals surface area contributed by atoms with Crippen molar-refractivity contribution in [3.63, 3.8) is 0 Å². The van der Waals surface area contributed by atoms with E-state index >= 15 is 0 Å². The predicted molar refractivity (Wildman–Crippen MR) is 71.0 cm³/mol. The molecule has 0 aromatic heterocycles. The van der Waals surface area contributed by atoms with Gasteiger partial charge in [-0.1, -0.05) is 0 Å². The molecular weight excluding hydrogens is 248 g/mol. The summed E-state index contributed by atoms with van der Waals surface area (Å²) in [6, 6.07) is 4.68. The van der Waals surface area contributed by atoms with Crippen molar-refractivity contribution in [2.24, 2.45) is 0 Å². The predicted octanol–water partition coefficient (Wildman–Crippen LogP) is 0.960. The number of carbonyl (C=O) groups excluding carboxylic acids is 2. The molecule has 3 N–H and O–H groups in total. The Kier molecular flexibility index (Phi) is 5.66. The van der Waals surface area contributed by atoms with Crippen LogP contribution in [0.4, 0.5) is 5.69 Å². The standard InChI is InChI=1S/C13H18N2O4/c1-15-12(16)4-3-7-19-11-8-9(13(17)18-2)5-6-10(11)14/h5-6,8H,3-4,7,14H2,1-2H3,(H,15,16). The van der Waals surface area contributed by atoms with Gasteiger partial charge >= 0.3 is 5.97 Å². The molecule has 0 bridgehead atoms. The van der Waals surface area contributed by atoms with Crippen molar-refractivity contribution in [2.45, 2.75) is 12.8 Å². The fourth-order valence-electron chi connectivity index (χ4n) is 1.44. The Morgan fingerprint density at radius 2 is 2.11 bits per heavy atom. The SMILES string of the molecule is CNC(=O)CCCOc1cc(C(=O)OC)ccc1N. The number of amides is 1. The molecule has 0 saturated heterocycles. The molecule has 19 heavy (non-hydrogen) atoms. The smallest absolute Gasteiger partial charge is 0.337 e. The number of hydrogen-bond donors (Lipinski definition) is 2. The molecule has 0 heterocycles. The maximum absolute atomic E-state index is 11.4. The number of methoxy groups -OCH3 is 1. The maximum atomic E-state index is 11.4. The Labute approximate surface area is 111 Å². The Morgan fingerprint density at radius 3 is 2.74 bits per heavy atom. The number of anilines is 1. The van der Waals surface area contributed by atoms with Gasteiger partial charge < -0.3 is 20.5 Å². The first kappa shape index (κ1) is 14.8. The topological polar surface area (TPSA) is 90.6 Å². The minimum Gasteiger partial charge on any atom is -0.491 e. The molecule has 0 aliphatic carbocycles. The number of nitrogens with two attached hydrogens (primary N) is 1. The molecule has 6 heteroatoms. The summed E-state index contributed by atoms with van der Waals surface area (Å²) >= 11 is 0. The lowest BCUT2D eigenvalue weighted by atomic mass is 10.2. The van der Waals surface area contributed by atoms with E-state index in [4.69, 9.17) is 10.5 Å². The van der Waals surface area contributed by atoms with Crippen LogP contribution in [0.1, 0.15) is 23.2 Å². The molecule has 0 radical (unpaired) electrons. The highest BCUT2D eigenvalue weighted by atomic mass is 16.5. The Bertz CT molecular complexity index is 460. The average molecular weight is 266 g/mol. The highest BCUT2D eigenvalue weighted by molar-refractivity contribution is 5.90. The van der Waals surface area contributed by atoms with Crippen LogP contribution in [0, 0.1) is 0 Å². The molecule has 0 atom stereocenters. The summed E-state index contributed by atoms with van der Waals surface area (Å²) in [5.74, 6) is -0.0742. The van der Waals surface area contributed by atoms with Crippen LogP contribution in [0.3, 0.4) is 0 Å². The van der Waals surface area contributed by atoms with Crippen molar-refractivity contribution in [3.05, 3.63) is 23.8 Å². The number of carbonyl (C=O) groups is 2. The molecule has 6 nitrogen and oxygen atoms in total. The van der Waals surface area contributed by atoms with Gasteiger partial charge in [0.1, 0.15) is 5.75 Å². The van der Waals surface area contributed by atoms with Gasteiger partial charge in [0.25, 0.3) is 0 Å². The normalized spacial score (nSPS) is 9.79. The summed E-state index contributed by atoms with van der Waals surface area (Å²) in [6.45, 7) is 0.349. The lowest BCUT2D eigenvalue weighted by Gasteiger charge is -2.10. The van der Waals surface area contributed by atoms with Gasteiger partial charge in [0.2, 0.25) is 5.91 Å². The molecule has 104 valence electrons. The number of benzene rings is 1. The van der Waals surface area contributed by atoms with Crippen molar-refractivity contribution >= 4 is 17.6 Å². The van der Waals surface area contributed by atoms with Gasteiger partial charge in [0.05, 0.1) is 25.0 Å². The van der Waals surface area contributed by atoms with Crippen LogP contribution in [-0.4, -0.2) is 32.6 Å². The van der Waals surface area contributed by atoms with E-state index in [0.717, 1.165) is 0 Å². The molecule has 1 amide bonds. The van der Waals surface area contributed by atoms with Crippen LogP contribution in [0.2, 0.25) is 0 Å². The fourth-order valence-corrected chi connectivity index (χ4v) is 1.44. The van der Waals surface area contributed by atoms with Crippen molar-refractivity contribution in [1.29, 1.82) is 0 Å². The fraction of sp³-hybridized carbons (Fsp3) is 0.385. The Balaban J connectivity index is 2.57. The Morgan fingerprint density at radius 1 is 1.37 bits per heavy atom. The third-order valence-corrected chi connectivity index (χ3v) is 2.52. The Hall–Kier alpha value is -2.24. The van der Waals surface area contributed by atoms with Crippen LogP contribution in [0.15, 0.2) is 18.2 Å². The zero-order valence-electron chi connectivity index (χ0n) is 11.1. The average Bonchev–Trinajstić information content (AvgIpc) is 2.44. The zero-order chi connectivity index (χ0) is 14.3. The molecule has 0 unspecified atom stereocenters. The van der Waals surface area contributed by atoms with E-state index < -0.39 is 5.97 Å². The summed E-state index contributed by atoms with van der Waals surface area (Å²) in [4.78, 5) is 22.4. The van der Waals surface area contributed by atoms with E-state index in [1.807, 2.05) is 0 Å². The van der Waals surface area contributed by atoms with Gasteiger partial charge in [0, 0.05) is 13.5 Å². The highest BCUT2D eigenvalue weighted by Gasteiger charge is 2.09. The zero-order valence-corrected chi connectivity index (χ0v) is 11.1. The van der Waals surface area contributed by atoms with Crippen LogP contribution in [0.5, 0.6) is 5.75 Å². The maximum Gasteiger partial charge on any atom is 0.337 e. The van der Waals surface area contributed by atoms with Gasteiger partial charge in [0.15, 0.2) is 0 Å². The van der Waals surface area contributed by atoms with E-state index in [-0.39, 0.29) is 5.91 Å². The van der Waals surface area contributed by atoms with Crippen LogP contribution in [-0.2, 0) is 9.53 Å². The monoisotopic (exact) mass is 266 g/mol. The van der Waals surface area contributed by atoms with Gasteiger partial charge in [-0.25, -0.2) is 4.79 Å². The quantitative estimate of drug-likeness (QED) is 0.454. The molecule has 0 aliphatic heterocycles. The van der Waals surface area contributed by atoms with E-state index in [1.165, 1.54) is 13.2 Å². The molecular formula is C13H18N2O4. The third kappa shape index (κ3) is 4.50. The van der Waals surface area contributed by atoms with Crippen molar-refractivity contribution in [2.75, 3.05) is 26.5 Å². The van der Waals surface area contributed by atoms with Crippen LogP contribution in [0.25, 0.3) is 0 Å². The van der Waals surface area contributed by atoms with Crippen molar-refractivity contribution in [1.82, 2.24) is 5.32 Å². The van der Waals surface area contributed by atoms with Gasteiger partial charge in [-0.15, -0.1) is 0 Å². The first-order chi connectivity index (χ1) is 9.08. The first-order valence-electron chi connectivity index (χ1n) is 5.89. The third-order valence-electron chi connectivity index (χ3n) is 2.52. The number of nitrogen functional groups attached to an aromatic ring is 1. The minimum atomic E-state index is -0.449. The molecule has 0 saturated carbocycles. The van der Waals surface area contributed by atoms with Gasteiger partial charge in [-0.05, 0) is 24.6 Å². The summed E-state index contributed by atoms with van der Waals surface area (Å²) in [7, 11) is 2.89. The number of rotatable bonds is 6.